The molecule has 1 atom stereocenters. The first-order valence-corrected chi connectivity index (χ1v) is 14.2. The van der Waals surface area contributed by atoms with E-state index in [2.05, 4.69) is 39.5 Å². The van der Waals surface area contributed by atoms with Gasteiger partial charge in [0.25, 0.3) is 0 Å². The fraction of sp³-hybridized carbons (Fsp3) is 0.933. The minimum absolute atomic E-state index is 0.862. The first-order chi connectivity index (χ1) is 14.7. The van der Waals surface area contributed by atoms with E-state index in [-0.39, 0.29) is 0 Å². The molecule has 0 bridgehead atoms. The van der Waals surface area contributed by atoms with Crippen LogP contribution in [0.5, 0.6) is 0 Å². The standard InChI is InChI=1S/C30H58/c1-5-7-9-11-13-15-17-19-21-23-25-27-30(28-29(3)4)26-24-22-20-18-16-14-12-10-8-6-2/h29-30H,5-11,13,15-28H2,1-4H3. The highest BCUT2D eigenvalue weighted by atomic mass is 14.2. The average Bonchev–Trinajstić information content (AvgIpc) is 2.72. The average molecular weight is 419 g/mol. The Labute approximate surface area is 192 Å². The van der Waals surface area contributed by atoms with Crippen molar-refractivity contribution >= 4 is 0 Å². The van der Waals surface area contributed by atoms with Crippen molar-refractivity contribution in [2.75, 3.05) is 0 Å². The van der Waals surface area contributed by atoms with Gasteiger partial charge in [-0.2, -0.15) is 0 Å². The molecule has 0 radical (unpaired) electrons. The van der Waals surface area contributed by atoms with Crippen LogP contribution >= 0.6 is 0 Å². The lowest BCUT2D eigenvalue weighted by atomic mass is 9.87. The minimum atomic E-state index is 0.862. The Morgan fingerprint density at radius 1 is 0.467 bits per heavy atom. The maximum absolute atomic E-state index is 3.36. The zero-order valence-corrected chi connectivity index (χ0v) is 21.7. The summed E-state index contributed by atoms with van der Waals surface area (Å²) in [6.07, 6.45) is 30.8. The topological polar surface area (TPSA) is 0 Å². The maximum atomic E-state index is 3.36. The molecular formula is C30H58. The molecule has 0 aliphatic rings. The van der Waals surface area contributed by atoms with Crippen molar-refractivity contribution < 1.29 is 0 Å². The van der Waals surface area contributed by atoms with Gasteiger partial charge in [0.05, 0.1) is 0 Å². The molecule has 0 saturated heterocycles. The van der Waals surface area contributed by atoms with Gasteiger partial charge in [-0.15, -0.1) is 11.8 Å². The minimum Gasteiger partial charge on any atom is -0.103 e. The highest BCUT2D eigenvalue weighted by molar-refractivity contribution is 4.98. The van der Waals surface area contributed by atoms with Crippen molar-refractivity contribution in [2.45, 2.75) is 169 Å². The Morgan fingerprint density at radius 3 is 1.33 bits per heavy atom. The zero-order chi connectivity index (χ0) is 22.1. The summed E-state index contributed by atoms with van der Waals surface area (Å²) in [6, 6.07) is 0. The van der Waals surface area contributed by atoms with Crippen LogP contribution in [0.4, 0.5) is 0 Å². The fourth-order valence-corrected chi connectivity index (χ4v) is 4.59. The van der Waals surface area contributed by atoms with E-state index in [1.165, 1.54) is 128 Å². The van der Waals surface area contributed by atoms with Crippen LogP contribution in [0.3, 0.4) is 0 Å². The Bertz CT molecular complexity index is 369. The van der Waals surface area contributed by atoms with E-state index in [1.807, 2.05) is 0 Å². The quantitative estimate of drug-likeness (QED) is 0.121. The number of rotatable bonds is 22. The molecule has 0 aromatic carbocycles. The third kappa shape index (κ3) is 23.8. The molecule has 0 rings (SSSR count). The van der Waals surface area contributed by atoms with Crippen LogP contribution < -0.4 is 0 Å². The SMILES string of the molecule is CCCCC#CCCCCCCC(CCCCCCCCCCCCC)CC(C)C. The van der Waals surface area contributed by atoms with Gasteiger partial charge in [0.1, 0.15) is 0 Å². The molecule has 0 heterocycles. The van der Waals surface area contributed by atoms with Gasteiger partial charge in [0.2, 0.25) is 0 Å². The largest absolute Gasteiger partial charge is 0.103 e. The summed E-state index contributed by atoms with van der Waals surface area (Å²) < 4.78 is 0. The van der Waals surface area contributed by atoms with Crippen LogP contribution in [-0.4, -0.2) is 0 Å². The smallest absolute Gasteiger partial charge is 0.00886 e. The molecule has 0 nitrogen and oxygen atoms in total. The lowest BCUT2D eigenvalue weighted by Gasteiger charge is -2.19. The van der Waals surface area contributed by atoms with Gasteiger partial charge in [-0.3, -0.25) is 0 Å². The van der Waals surface area contributed by atoms with Crippen molar-refractivity contribution in [1.29, 1.82) is 0 Å². The second kappa shape index (κ2) is 24.8. The molecule has 0 fully saturated rings. The Balaban J connectivity index is 3.61. The van der Waals surface area contributed by atoms with Gasteiger partial charge in [-0.25, -0.2) is 0 Å². The fourth-order valence-electron chi connectivity index (χ4n) is 4.59. The van der Waals surface area contributed by atoms with E-state index >= 15 is 0 Å². The van der Waals surface area contributed by atoms with Gasteiger partial charge >= 0.3 is 0 Å². The van der Waals surface area contributed by atoms with Crippen LogP contribution in [0.1, 0.15) is 169 Å². The van der Waals surface area contributed by atoms with Gasteiger partial charge in [-0.05, 0) is 31.1 Å². The predicted molar refractivity (Wildman–Crippen MR) is 139 cm³/mol. The molecule has 178 valence electrons. The molecule has 0 aromatic heterocycles. The van der Waals surface area contributed by atoms with E-state index in [0.29, 0.717) is 0 Å². The number of unbranched alkanes of at least 4 members (excludes halogenated alkanes) is 16. The van der Waals surface area contributed by atoms with E-state index in [0.717, 1.165) is 24.7 Å². The molecule has 0 aliphatic heterocycles. The first kappa shape index (κ1) is 29.6. The van der Waals surface area contributed by atoms with E-state index < -0.39 is 0 Å². The Morgan fingerprint density at radius 2 is 0.867 bits per heavy atom. The zero-order valence-electron chi connectivity index (χ0n) is 21.7. The van der Waals surface area contributed by atoms with Crippen molar-refractivity contribution in [3.8, 4) is 11.8 Å². The number of hydrogen-bond donors (Lipinski definition) is 0. The van der Waals surface area contributed by atoms with Crippen molar-refractivity contribution in [2.24, 2.45) is 11.8 Å². The molecule has 30 heavy (non-hydrogen) atoms. The van der Waals surface area contributed by atoms with Crippen molar-refractivity contribution in [1.82, 2.24) is 0 Å². The van der Waals surface area contributed by atoms with Crippen LogP contribution in [0.15, 0.2) is 0 Å². The van der Waals surface area contributed by atoms with Crippen molar-refractivity contribution in [3.63, 3.8) is 0 Å². The molecule has 0 heteroatoms. The lowest BCUT2D eigenvalue weighted by Crippen LogP contribution is -2.05. The highest BCUT2D eigenvalue weighted by Crippen LogP contribution is 2.25. The predicted octanol–water partition coefficient (Wildman–Crippen LogP) is 10.9. The van der Waals surface area contributed by atoms with Gasteiger partial charge < -0.3 is 0 Å². The second-order valence-electron chi connectivity index (χ2n) is 10.2. The summed E-state index contributed by atoms with van der Waals surface area (Å²) in [5.41, 5.74) is 0. The summed E-state index contributed by atoms with van der Waals surface area (Å²) in [4.78, 5) is 0. The summed E-state index contributed by atoms with van der Waals surface area (Å²) in [7, 11) is 0. The third-order valence-corrected chi connectivity index (χ3v) is 6.47. The Kier molecular flexibility index (Phi) is 24.5. The first-order valence-electron chi connectivity index (χ1n) is 14.2. The number of hydrogen-bond acceptors (Lipinski definition) is 0. The van der Waals surface area contributed by atoms with Gasteiger partial charge in [-0.1, -0.05) is 137 Å². The molecule has 0 N–H and O–H groups in total. The summed E-state index contributed by atoms with van der Waals surface area (Å²) >= 11 is 0. The van der Waals surface area contributed by atoms with Crippen LogP contribution in [0.25, 0.3) is 0 Å². The summed E-state index contributed by atoms with van der Waals surface area (Å²) in [5, 5.41) is 0. The van der Waals surface area contributed by atoms with Crippen LogP contribution in [0.2, 0.25) is 0 Å². The molecule has 0 spiro atoms. The lowest BCUT2D eigenvalue weighted by molar-refractivity contribution is 0.339. The molecule has 0 aliphatic carbocycles. The second-order valence-corrected chi connectivity index (χ2v) is 10.2. The summed E-state index contributed by atoms with van der Waals surface area (Å²) in [6.45, 7) is 9.36. The van der Waals surface area contributed by atoms with E-state index in [4.69, 9.17) is 0 Å². The van der Waals surface area contributed by atoms with Crippen LogP contribution in [-0.2, 0) is 0 Å². The molecule has 1 unspecified atom stereocenters. The molecular weight excluding hydrogens is 360 g/mol. The van der Waals surface area contributed by atoms with E-state index in [1.54, 1.807) is 0 Å². The molecule has 0 saturated carbocycles. The highest BCUT2D eigenvalue weighted by Gasteiger charge is 2.10. The summed E-state index contributed by atoms with van der Waals surface area (Å²) in [5.74, 6) is 8.53. The van der Waals surface area contributed by atoms with Gasteiger partial charge in [0, 0.05) is 12.8 Å². The van der Waals surface area contributed by atoms with Crippen molar-refractivity contribution in [3.05, 3.63) is 0 Å². The molecule has 0 aromatic rings. The third-order valence-electron chi connectivity index (χ3n) is 6.47. The monoisotopic (exact) mass is 418 g/mol. The molecule has 0 amide bonds. The van der Waals surface area contributed by atoms with E-state index in [9.17, 15) is 0 Å². The maximum Gasteiger partial charge on any atom is 0.00886 e. The van der Waals surface area contributed by atoms with Gasteiger partial charge in [0.15, 0.2) is 0 Å². The Hall–Kier alpha value is -0.440. The van der Waals surface area contributed by atoms with Crippen LogP contribution in [0, 0.1) is 23.7 Å². The normalized spacial score (nSPS) is 12.2.